The quantitative estimate of drug-likeness (QED) is 0.221. The third-order valence-electron chi connectivity index (χ3n) is 9.09. The Hall–Kier alpha value is -4.66. The van der Waals surface area contributed by atoms with Crippen LogP contribution in [0.5, 0.6) is 5.75 Å². The van der Waals surface area contributed by atoms with E-state index in [9.17, 15) is 23.1 Å². The molecule has 1 aliphatic heterocycles. The standard InChI is InChI=1S/C37H48N6O7S/c1-25-20-43(26(2)23-44)36(45)31-19-29(40-51(47,48)35-22-41(4)24-38-35)16-17-33(31)50-27(3)11-8-9-18-49-34(25)21-42(5)37(46)39-32-15-10-13-28-12-6-7-14-30(28)32/h6-7,10,12-17,19,22,24-27,34,40,44H,8-9,11,18,20-21,23H2,1-5H3,(H,39,46)/t25-,26+,27+,34+/m0/s1. The first-order chi connectivity index (χ1) is 24.4. The number of hydrogen-bond acceptors (Lipinski definition) is 8. The van der Waals surface area contributed by atoms with Gasteiger partial charge in [0.05, 0.1) is 42.4 Å². The van der Waals surface area contributed by atoms with Crippen LogP contribution in [0.2, 0.25) is 0 Å². The summed E-state index contributed by atoms with van der Waals surface area (Å²) in [5, 5.41) is 15.1. The maximum Gasteiger partial charge on any atom is 0.321 e. The highest BCUT2D eigenvalue weighted by Gasteiger charge is 2.31. The summed E-state index contributed by atoms with van der Waals surface area (Å²) in [5.74, 6) is -0.402. The minimum atomic E-state index is -4.04. The fraction of sp³-hybridized carbons (Fsp3) is 0.432. The number of aromatic nitrogens is 2. The fourth-order valence-electron chi connectivity index (χ4n) is 6.08. The van der Waals surface area contributed by atoms with Crippen molar-refractivity contribution in [2.45, 2.75) is 63.3 Å². The summed E-state index contributed by atoms with van der Waals surface area (Å²) in [7, 11) is -0.657. The van der Waals surface area contributed by atoms with Crippen LogP contribution in [0.15, 0.2) is 78.2 Å². The number of anilines is 2. The number of urea groups is 1. The molecule has 0 saturated heterocycles. The molecule has 14 heteroatoms. The van der Waals surface area contributed by atoms with E-state index in [-0.39, 0.29) is 54.0 Å². The molecule has 1 aliphatic rings. The van der Waals surface area contributed by atoms with Crippen molar-refractivity contribution < 1.29 is 32.6 Å². The Morgan fingerprint density at radius 2 is 1.88 bits per heavy atom. The lowest BCUT2D eigenvalue weighted by molar-refractivity contribution is -0.0115. The number of aliphatic hydroxyl groups is 1. The molecule has 274 valence electrons. The number of imidazole rings is 1. The van der Waals surface area contributed by atoms with Crippen molar-refractivity contribution in [3.05, 3.63) is 78.8 Å². The summed E-state index contributed by atoms with van der Waals surface area (Å²) in [6.45, 7) is 6.20. The number of rotatable bonds is 8. The van der Waals surface area contributed by atoms with Gasteiger partial charge >= 0.3 is 6.03 Å². The van der Waals surface area contributed by atoms with Crippen LogP contribution in [0, 0.1) is 5.92 Å². The minimum Gasteiger partial charge on any atom is -0.490 e. The largest absolute Gasteiger partial charge is 0.490 e. The first-order valence-corrected chi connectivity index (χ1v) is 18.7. The Labute approximate surface area is 299 Å². The van der Waals surface area contributed by atoms with Crippen molar-refractivity contribution in [3.63, 3.8) is 0 Å². The average molecular weight is 721 g/mol. The smallest absolute Gasteiger partial charge is 0.321 e. The van der Waals surface area contributed by atoms with Crippen LogP contribution in [-0.4, -0.2) is 96.4 Å². The number of ether oxygens (including phenoxy) is 2. The van der Waals surface area contributed by atoms with Crippen molar-refractivity contribution in [3.8, 4) is 5.75 Å². The van der Waals surface area contributed by atoms with Crippen LogP contribution >= 0.6 is 0 Å². The Morgan fingerprint density at radius 1 is 1.12 bits per heavy atom. The van der Waals surface area contributed by atoms with E-state index in [4.69, 9.17) is 9.47 Å². The predicted octanol–water partition coefficient (Wildman–Crippen LogP) is 5.33. The molecule has 0 saturated carbocycles. The van der Waals surface area contributed by atoms with Gasteiger partial charge in [0.25, 0.3) is 15.9 Å². The molecule has 3 aromatic carbocycles. The monoisotopic (exact) mass is 720 g/mol. The molecular weight excluding hydrogens is 673 g/mol. The van der Waals surface area contributed by atoms with Crippen molar-refractivity contribution in [1.29, 1.82) is 0 Å². The van der Waals surface area contributed by atoms with Gasteiger partial charge in [0.1, 0.15) is 5.75 Å². The number of nitrogens with one attached hydrogen (secondary N) is 2. The molecule has 3 N–H and O–H groups in total. The molecule has 0 unspecified atom stereocenters. The second-order valence-corrected chi connectivity index (χ2v) is 15.0. The van der Waals surface area contributed by atoms with Crippen molar-refractivity contribution in [1.82, 2.24) is 19.4 Å². The molecule has 0 fully saturated rings. The Kier molecular flexibility index (Phi) is 12.2. The highest BCUT2D eigenvalue weighted by atomic mass is 32.2. The van der Waals surface area contributed by atoms with E-state index in [2.05, 4.69) is 15.0 Å². The van der Waals surface area contributed by atoms with Gasteiger partial charge in [-0.25, -0.2) is 9.78 Å². The second kappa shape index (κ2) is 16.6. The fourth-order valence-corrected chi connectivity index (χ4v) is 7.11. The van der Waals surface area contributed by atoms with Gasteiger partial charge in [0.15, 0.2) is 5.03 Å². The van der Waals surface area contributed by atoms with E-state index in [0.717, 1.165) is 23.6 Å². The molecule has 3 amide bonds. The van der Waals surface area contributed by atoms with Crippen molar-refractivity contribution in [2.75, 3.05) is 43.4 Å². The number of aryl methyl sites for hydroxylation is 1. The topological polar surface area (TPSA) is 155 Å². The number of likely N-dealkylation sites (N-methyl/N-ethyl adjacent to an activating group) is 1. The Morgan fingerprint density at radius 3 is 2.63 bits per heavy atom. The van der Waals surface area contributed by atoms with Gasteiger partial charge in [0.2, 0.25) is 0 Å². The molecule has 0 spiro atoms. The number of carbonyl (C=O) groups excluding carboxylic acids is 2. The number of carbonyl (C=O) groups is 2. The first kappa shape index (κ1) is 37.6. The summed E-state index contributed by atoms with van der Waals surface area (Å²) >= 11 is 0. The number of benzene rings is 3. The average Bonchev–Trinajstić information content (AvgIpc) is 3.56. The third-order valence-corrected chi connectivity index (χ3v) is 10.4. The van der Waals surface area contributed by atoms with E-state index in [0.29, 0.717) is 24.5 Å². The molecule has 0 bridgehead atoms. The number of aliphatic hydroxyl groups excluding tert-OH is 1. The zero-order valence-electron chi connectivity index (χ0n) is 29.8. The zero-order valence-corrected chi connectivity index (χ0v) is 30.6. The van der Waals surface area contributed by atoms with Crippen LogP contribution in [0.3, 0.4) is 0 Å². The lowest BCUT2D eigenvalue weighted by Gasteiger charge is -2.35. The number of nitrogens with zero attached hydrogens (tertiary/aromatic N) is 4. The first-order valence-electron chi connectivity index (χ1n) is 17.2. The molecule has 0 radical (unpaired) electrons. The third kappa shape index (κ3) is 9.37. The summed E-state index contributed by atoms with van der Waals surface area (Å²) in [6.07, 6.45) is 4.33. The van der Waals surface area contributed by atoms with Gasteiger partial charge in [-0.1, -0.05) is 43.3 Å². The van der Waals surface area contributed by atoms with Crippen molar-refractivity contribution in [2.24, 2.45) is 13.0 Å². The summed E-state index contributed by atoms with van der Waals surface area (Å²) in [4.78, 5) is 35.0. The van der Waals surface area contributed by atoms with Gasteiger partial charge in [-0.15, -0.1) is 0 Å². The Bertz CT molecular complexity index is 1930. The second-order valence-electron chi connectivity index (χ2n) is 13.3. The SMILES string of the molecule is C[C@@H]1CCCCO[C@H](CN(C)C(=O)Nc2cccc3ccccc23)[C@@H](C)CN([C@H](C)CO)C(=O)c2cc(NS(=O)(=O)c3cn(C)cn3)ccc2O1. The van der Waals surface area contributed by atoms with E-state index in [1.165, 1.54) is 23.2 Å². The molecule has 51 heavy (non-hydrogen) atoms. The molecule has 0 aliphatic carbocycles. The lowest BCUT2D eigenvalue weighted by Crippen LogP contribution is -2.48. The molecule has 2 heterocycles. The predicted molar refractivity (Wildman–Crippen MR) is 196 cm³/mol. The molecule has 4 aromatic rings. The van der Waals surface area contributed by atoms with Gasteiger partial charge in [-0.3, -0.25) is 9.52 Å². The van der Waals surface area contributed by atoms with E-state index < -0.39 is 28.1 Å². The molecule has 1 aromatic heterocycles. The van der Waals surface area contributed by atoms with Gasteiger partial charge < -0.3 is 34.3 Å². The molecule has 5 rings (SSSR count). The molecular formula is C37H48N6O7S. The van der Waals surface area contributed by atoms with Gasteiger partial charge in [-0.05, 0) is 62.8 Å². The maximum atomic E-state index is 14.4. The summed E-state index contributed by atoms with van der Waals surface area (Å²) in [5.41, 5.74) is 1.02. The van der Waals surface area contributed by atoms with Gasteiger partial charge in [0, 0.05) is 57.0 Å². The van der Waals surface area contributed by atoms with E-state index in [1.807, 2.05) is 56.3 Å². The summed E-state index contributed by atoms with van der Waals surface area (Å²) in [6, 6.07) is 17.3. The van der Waals surface area contributed by atoms with Crippen LogP contribution < -0.4 is 14.8 Å². The molecule has 4 atom stereocenters. The van der Waals surface area contributed by atoms with Crippen LogP contribution in [0.1, 0.15) is 50.4 Å². The number of amides is 3. The van der Waals surface area contributed by atoms with Gasteiger partial charge in [-0.2, -0.15) is 8.42 Å². The number of fused-ring (bicyclic) bond motifs is 2. The molecule has 13 nitrogen and oxygen atoms in total. The highest BCUT2D eigenvalue weighted by Crippen LogP contribution is 2.30. The summed E-state index contributed by atoms with van der Waals surface area (Å²) < 4.78 is 42.9. The zero-order chi connectivity index (χ0) is 36.7. The van der Waals surface area contributed by atoms with Crippen LogP contribution in [-0.2, 0) is 21.8 Å². The van der Waals surface area contributed by atoms with E-state index in [1.54, 1.807) is 43.0 Å². The highest BCUT2D eigenvalue weighted by molar-refractivity contribution is 7.92. The number of hydrogen-bond donors (Lipinski definition) is 3. The maximum absolute atomic E-state index is 14.4. The van der Waals surface area contributed by atoms with Crippen LogP contribution in [0.25, 0.3) is 10.8 Å². The normalized spacial score (nSPS) is 19.8. The number of sulfonamides is 1. The Balaban J connectivity index is 1.40. The van der Waals surface area contributed by atoms with Crippen LogP contribution in [0.4, 0.5) is 16.2 Å². The van der Waals surface area contributed by atoms with E-state index >= 15 is 0 Å². The minimum absolute atomic E-state index is 0.150. The van der Waals surface area contributed by atoms with Crippen molar-refractivity contribution >= 4 is 44.1 Å². The lowest BCUT2D eigenvalue weighted by atomic mass is 10.0.